The van der Waals surface area contributed by atoms with Crippen LogP contribution in [-0.2, 0) is 0 Å². The van der Waals surface area contributed by atoms with E-state index in [1.54, 1.807) is 0 Å². The molecule has 2 nitrogen and oxygen atoms in total. The number of nitrogens with zero attached hydrogens (tertiary/aromatic N) is 1. The number of benzene rings is 1. The van der Waals surface area contributed by atoms with Gasteiger partial charge in [0.2, 0.25) is 0 Å². The second-order valence-corrected chi connectivity index (χ2v) is 3.67. The number of hydrogen-bond acceptors (Lipinski definition) is 2. The molecule has 15 heavy (non-hydrogen) atoms. The molecular weight excluding hydrogens is 184 g/mol. The Morgan fingerprint density at radius 3 is 2.67 bits per heavy atom. The highest BCUT2D eigenvalue weighted by molar-refractivity contribution is 5.42. The van der Waals surface area contributed by atoms with E-state index in [2.05, 4.69) is 30.4 Å². The maximum absolute atomic E-state index is 8.77. The van der Waals surface area contributed by atoms with Crippen molar-refractivity contribution in [3.63, 3.8) is 0 Å². The normalized spacial score (nSPS) is 11.7. The van der Waals surface area contributed by atoms with Gasteiger partial charge in [0, 0.05) is 18.2 Å². The molecule has 1 N–H and O–H groups in total. The third kappa shape index (κ3) is 4.51. The van der Waals surface area contributed by atoms with Gasteiger partial charge in [-0.25, -0.2) is 0 Å². The average molecular weight is 202 g/mol. The first kappa shape index (κ1) is 11.6. The van der Waals surface area contributed by atoms with Crippen molar-refractivity contribution in [1.82, 2.24) is 0 Å². The molecular formula is C13H18N2. The lowest BCUT2D eigenvalue weighted by atomic mass is 10.0. The molecule has 0 spiro atoms. The molecule has 80 valence electrons. The summed E-state index contributed by atoms with van der Waals surface area (Å²) in [5.74, 6) is 0.225. The summed E-state index contributed by atoms with van der Waals surface area (Å²) in [4.78, 5) is 0. The Morgan fingerprint density at radius 2 is 2.07 bits per heavy atom. The van der Waals surface area contributed by atoms with Crippen molar-refractivity contribution in [2.45, 2.75) is 26.2 Å². The van der Waals surface area contributed by atoms with Crippen molar-refractivity contribution in [2.24, 2.45) is 5.92 Å². The minimum Gasteiger partial charge on any atom is -0.385 e. The first-order valence-electron chi connectivity index (χ1n) is 5.55. The van der Waals surface area contributed by atoms with Gasteiger partial charge in [0.25, 0.3) is 0 Å². The zero-order valence-electron chi connectivity index (χ0n) is 9.24. The summed E-state index contributed by atoms with van der Waals surface area (Å²) < 4.78 is 0. The molecule has 0 saturated heterocycles. The van der Waals surface area contributed by atoms with Crippen LogP contribution in [0.1, 0.15) is 26.2 Å². The molecule has 0 aliphatic carbocycles. The molecule has 1 aromatic carbocycles. The largest absolute Gasteiger partial charge is 0.385 e. The van der Waals surface area contributed by atoms with E-state index >= 15 is 0 Å². The van der Waals surface area contributed by atoms with Crippen molar-refractivity contribution < 1.29 is 0 Å². The Balaban J connectivity index is 2.15. The van der Waals surface area contributed by atoms with Crippen molar-refractivity contribution in [3.8, 4) is 6.07 Å². The Hall–Kier alpha value is -1.49. The summed E-state index contributed by atoms with van der Waals surface area (Å²) in [7, 11) is 0. The van der Waals surface area contributed by atoms with E-state index in [0.29, 0.717) is 0 Å². The van der Waals surface area contributed by atoms with Gasteiger partial charge in [0.1, 0.15) is 0 Å². The summed E-state index contributed by atoms with van der Waals surface area (Å²) in [5.41, 5.74) is 1.16. The first-order chi connectivity index (χ1) is 7.36. The number of nitriles is 1. The van der Waals surface area contributed by atoms with E-state index in [1.807, 2.05) is 18.2 Å². The molecule has 0 aliphatic heterocycles. The molecule has 0 aliphatic rings. The highest BCUT2D eigenvalue weighted by Gasteiger charge is 2.02. The fourth-order valence-corrected chi connectivity index (χ4v) is 1.50. The van der Waals surface area contributed by atoms with E-state index in [1.165, 1.54) is 0 Å². The van der Waals surface area contributed by atoms with E-state index in [4.69, 9.17) is 5.26 Å². The third-order valence-electron chi connectivity index (χ3n) is 2.51. The van der Waals surface area contributed by atoms with Gasteiger partial charge in [-0.3, -0.25) is 0 Å². The SMILES string of the molecule is CCC(C#N)CCCNc1ccccc1. The molecule has 2 heteroatoms. The molecule has 1 rings (SSSR count). The van der Waals surface area contributed by atoms with Gasteiger partial charge >= 0.3 is 0 Å². The summed E-state index contributed by atoms with van der Waals surface area (Å²) in [6.07, 6.45) is 3.01. The summed E-state index contributed by atoms with van der Waals surface area (Å²) >= 11 is 0. The van der Waals surface area contributed by atoms with Gasteiger partial charge < -0.3 is 5.32 Å². The van der Waals surface area contributed by atoms with Crippen LogP contribution in [0.4, 0.5) is 5.69 Å². The van der Waals surface area contributed by atoms with Crippen LogP contribution in [0.2, 0.25) is 0 Å². The van der Waals surface area contributed by atoms with Crippen molar-refractivity contribution in [1.29, 1.82) is 5.26 Å². The maximum Gasteiger partial charge on any atom is 0.0655 e. The molecule has 1 aromatic rings. The molecule has 0 aromatic heterocycles. The van der Waals surface area contributed by atoms with Crippen LogP contribution in [-0.4, -0.2) is 6.54 Å². The summed E-state index contributed by atoms with van der Waals surface area (Å²) in [6, 6.07) is 12.5. The Kier molecular flexibility index (Phi) is 5.32. The lowest BCUT2D eigenvalue weighted by Gasteiger charge is -2.07. The lowest BCUT2D eigenvalue weighted by molar-refractivity contribution is 0.566. The minimum atomic E-state index is 0.225. The van der Waals surface area contributed by atoms with Crippen molar-refractivity contribution in [3.05, 3.63) is 30.3 Å². The lowest BCUT2D eigenvalue weighted by Crippen LogP contribution is -2.04. The molecule has 0 saturated carbocycles. The maximum atomic E-state index is 8.77. The molecule has 0 heterocycles. The predicted octanol–water partition coefficient (Wildman–Crippen LogP) is 3.43. The standard InChI is InChI=1S/C13H18N2/c1-2-12(11-14)7-6-10-15-13-8-4-3-5-9-13/h3-5,8-9,12,15H,2,6-7,10H2,1H3. The number of hydrogen-bond donors (Lipinski definition) is 1. The number of para-hydroxylation sites is 1. The topological polar surface area (TPSA) is 35.8 Å². The number of anilines is 1. The van der Waals surface area contributed by atoms with Gasteiger partial charge in [-0.05, 0) is 31.4 Å². The third-order valence-corrected chi connectivity index (χ3v) is 2.51. The predicted molar refractivity (Wildman–Crippen MR) is 63.6 cm³/mol. The number of rotatable bonds is 6. The Bertz CT molecular complexity index is 300. The highest BCUT2D eigenvalue weighted by atomic mass is 14.9. The zero-order chi connectivity index (χ0) is 10.9. The fourth-order valence-electron chi connectivity index (χ4n) is 1.50. The smallest absolute Gasteiger partial charge is 0.0655 e. The molecule has 1 unspecified atom stereocenters. The van der Waals surface area contributed by atoms with Crippen LogP contribution in [0.15, 0.2) is 30.3 Å². The average Bonchev–Trinajstić information content (AvgIpc) is 2.31. The van der Waals surface area contributed by atoms with Gasteiger partial charge in [-0.2, -0.15) is 5.26 Å². The van der Waals surface area contributed by atoms with Crippen molar-refractivity contribution >= 4 is 5.69 Å². The Labute approximate surface area is 91.9 Å². The second kappa shape index (κ2) is 6.89. The van der Waals surface area contributed by atoms with Gasteiger partial charge in [0.15, 0.2) is 0 Å². The molecule has 1 atom stereocenters. The van der Waals surface area contributed by atoms with Crippen LogP contribution < -0.4 is 5.32 Å². The van der Waals surface area contributed by atoms with Crippen LogP contribution in [0.5, 0.6) is 0 Å². The number of nitrogens with one attached hydrogen (secondary N) is 1. The highest BCUT2D eigenvalue weighted by Crippen LogP contribution is 2.10. The van der Waals surface area contributed by atoms with E-state index in [9.17, 15) is 0 Å². The van der Waals surface area contributed by atoms with Crippen LogP contribution in [0.3, 0.4) is 0 Å². The van der Waals surface area contributed by atoms with Crippen LogP contribution in [0, 0.1) is 17.2 Å². The molecule has 0 amide bonds. The quantitative estimate of drug-likeness (QED) is 0.717. The summed E-state index contributed by atoms with van der Waals surface area (Å²) in [5, 5.41) is 12.1. The van der Waals surface area contributed by atoms with E-state index < -0.39 is 0 Å². The Morgan fingerprint density at radius 1 is 1.33 bits per heavy atom. The van der Waals surface area contributed by atoms with Crippen LogP contribution in [0.25, 0.3) is 0 Å². The van der Waals surface area contributed by atoms with Gasteiger partial charge in [-0.1, -0.05) is 25.1 Å². The summed E-state index contributed by atoms with van der Waals surface area (Å²) in [6.45, 7) is 3.01. The first-order valence-corrected chi connectivity index (χ1v) is 5.55. The fraction of sp³-hybridized carbons (Fsp3) is 0.462. The molecule has 0 radical (unpaired) electrons. The monoisotopic (exact) mass is 202 g/mol. The molecule has 0 bridgehead atoms. The van der Waals surface area contributed by atoms with E-state index in [-0.39, 0.29) is 5.92 Å². The van der Waals surface area contributed by atoms with Gasteiger partial charge in [0.05, 0.1) is 6.07 Å². The van der Waals surface area contributed by atoms with Crippen molar-refractivity contribution in [2.75, 3.05) is 11.9 Å². The molecule has 0 fully saturated rings. The second-order valence-electron chi connectivity index (χ2n) is 3.67. The van der Waals surface area contributed by atoms with Crippen LogP contribution >= 0.6 is 0 Å². The van der Waals surface area contributed by atoms with E-state index in [0.717, 1.165) is 31.5 Å². The van der Waals surface area contributed by atoms with Gasteiger partial charge in [-0.15, -0.1) is 0 Å². The zero-order valence-corrected chi connectivity index (χ0v) is 9.24. The minimum absolute atomic E-state index is 0.225.